The number of carbonyl (C=O) groups excluding carboxylic acids is 2. The van der Waals surface area contributed by atoms with Crippen LogP contribution in [0.1, 0.15) is 54.9 Å². The van der Waals surface area contributed by atoms with Crippen LogP contribution in [0.3, 0.4) is 0 Å². The largest absolute Gasteiger partial charge is 0.416 e. The first-order chi connectivity index (χ1) is 11.9. The first-order valence-electron chi connectivity index (χ1n) is 9.98. The lowest BCUT2D eigenvalue weighted by atomic mass is 9.70. The average Bonchev–Trinajstić information content (AvgIpc) is 2.47. The van der Waals surface area contributed by atoms with Gasteiger partial charge in [0.25, 0.3) is 0 Å². The van der Waals surface area contributed by atoms with Gasteiger partial charge in [0.15, 0.2) is 22.4 Å². The Morgan fingerprint density at radius 3 is 1.85 bits per heavy atom. The molecule has 5 nitrogen and oxygen atoms in total. The fourth-order valence-corrected chi connectivity index (χ4v) is 4.51. The van der Waals surface area contributed by atoms with Crippen LogP contribution in [0.25, 0.3) is 0 Å². The van der Waals surface area contributed by atoms with Gasteiger partial charge in [0.1, 0.15) is 5.41 Å². The van der Waals surface area contributed by atoms with E-state index in [2.05, 4.69) is 73.0 Å². The highest BCUT2D eigenvalue weighted by Gasteiger charge is 2.56. The Bertz CT molecular complexity index is 576. The predicted molar refractivity (Wildman–Crippen MR) is 116 cm³/mol. The van der Waals surface area contributed by atoms with Crippen molar-refractivity contribution in [1.82, 2.24) is 5.32 Å². The van der Waals surface area contributed by atoms with Crippen LogP contribution in [0, 0.1) is 5.41 Å². The van der Waals surface area contributed by atoms with Gasteiger partial charge in [0, 0.05) is 13.0 Å². The van der Waals surface area contributed by atoms with Crippen LogP contribution in [0.5, 0.6) is 0 Å². The Kier molecular flexibility index (Phi) is 7.02. The zero-order valence-corrected chi connectivity index (χ0v) is 21.3. The molecule has 1 rings (SSSR count). The van der Waals surface area contributed by atoms with Crippen molar-refractivity contribution in [2.75, 3.05) is 13.2 Å². The second-order valence-electron chi connectivity index (χ2n) is 11.1. The van der Waals surface area contributed by atoms with Crippen molar-refractivity contribution in [2.45, 2.75) is 97.2 Å². The lowest BCUT2D eigenvalue weighted by Gasteiger charge is -2.47. The van der Waals surface area contributed by atoms with E-state index in [4.69, 9.17) is 8.85 Å². The third kappa shape index (κ3) is 5.11. The molecule has 2 atom stereocenters. The summed E-state index contributed by atoms with van der Waals surface area (Å²) in [5.74, 6) is -0.238. The molecule has 0 saturated carbocycles. The number of nitrogens with one attached hydrogen (secondary N) is 1. The number of hydrogen-bond acceptors (Lipinski definition) is 4. The molecule has 0 aliphatic carbocycles. The van der Waals surface area contributed by atoms with E-state index in [9.17, 15) is 9.59 Å². The van der Waals surface area contributed by atoms with Crippen LogP contribution in [0.4, 0.5) is 0 Å². The van der Waals surface area contributed by atoms with Gasteiger partial charge in [0.05, 0.1) is 12.6 Å². The second kappa shape index (κ2) is 7.73. The van der Waals surface area contributed by atoms with Gasteiger partial charge in [-0.25, -0.2) is 0 Å². The number of β-lactam (4-membered cyclic amide) rings is 1. The summed E-state index contributed by atoms with van der Waals surface area (Å²) in [6.07, 6.45) is 0.271. The lowest BCUT2D eigenvalue weighted by Crippen LogP contribution is -2.71. The van der Waals surface area contributed by atoms with E-state index in [1.165, 1.54) is 0 Å². The van der Waals surface area contributed by atoms with Crippen molar-refractivity contribution >= 4 is 28.3 Å². The van der Waals surface area contributed by atoms with Crippen LogP contribution >= 0.6 is 0 Å². The van der Waals surface area contributed by atoms with E-state index in [1.54, 1.807) is 6.92 Å². The molecule has 0 bridgehead atoms. The Morgan fingerprint density at radius 1 is 1.00 bits per heavy atom. The topological polar surface area (TPSA) is 64.6 Å². The third-order valence-corrected chi connectivity index (χ3v) is 16.1. The summed E-state index contributed by atoms with van der Waals surface area (Å²) in [6, 6.07) is -0.250. The normalized spacial score (nSPS) is 24.4. The standard InChI is InChI=1S/C20H41NO4Si2/c1-18(2,3)26(8,9)24-13-12-16(22)20(7)15(21-17(20)23)14-25-27(10,11)19(4,5)6/h15H,12-14H2,1-11H3,(H,21,23)/t15-,20+/m1/s1. The van der Waals surface area contributed by atoms with Crippen LogP contribution in [0.2, 0.25) is 36.3 Å². The molecule has 0 spiro atoms. The SMILES string of the molecule is CC(C)(C)[Si](C)(C)OCCC(=O)[C@@]1(C)C(=O)N[C@@H]1CO[Si](C)(C)C(C)(C)C. The molecular formula is C20H41NO4Si2. The van der Waals surface area contributed by atoms with Crippen molar-refractivity contribution in [1.29, 1.82) is 0 Å². The molecular weight excluding hydrogens is 374 g/mol. The summed E-state index contributed by atoms with van der Waals surface area (Å²) in [5, 5.41) is 3.07. The Hall–Kier alpha value is -0.506. The summed E-state index contributed by atoms with van der Waals surface area (Å²) < 4.78 is 12.4. The number of carbonyl (C=O) groups is 2. The Balaban J connectivity index is 2.68. The average molecular weight is 416 g/mol. The van der Waals surface area contributed by atoms with Gasteiger partial charge >= 0.3 is 0 Å². The quantitative estimate of drug-likeness (QED) is 0.360. The number of ketones is 1. The third-order valence-electron chi connectivity index (χ3n) is 7.07. The highest BCUT2D eigenvalue weighted by Crippen LogP contribution is 2.40. The van der Waals surface area contributed by atoms with Crippen molar-refractivity contribution < 1.29 is 18.4 Å². The molecule has 27 heavy (non-hydrogen) atoms. The van der Waals surface area contributed by atoms with Crippen molar-refractivity contribution in [3.63, 3.8) is 0 Å². The van der Waals surface area contributed by atoms with Gasteiger partial charge in [-0.05, 0) is 43.2 Å². The van der Waals surface area contributed by atoms with Gasteiger partial charge in [0.2, 0.25) is 5.91 Å². The molecule has 1 saturated heterocycles. The molecule has 0 unspecified atom stereocenters. The van der Waals surface area contributed by atoms with E-state index >= 15 is 0 Å². The molecule has 0 aromatic rings. The maximum atomic E-state index is 12.9. The monoisotopic (exact) mass is 415 g/mol. The molecule has 7 heteroatoms. The molecule has 1 aliphatic heterocycles. The van der Waals surface area contributed by atoms with E-state index < -0.39 is 22.0 Å². The van der Waals surface area contributed by atoms with E-state index in [1.807, 2.05) is 0 Å². The number of Topliss-reactive ketones (excluding diaryl/α,β-unsaturated/α-hetero) is 1. The lowest BCUT2D eigenvalue weighted by molar-refractivity contribution is -0.155. The molecule has 1 amide bonds. The molecule has 1 heterocycles. The van der Waals surface area contributed by atoms with Crippen molar-refractivity contribution in [3.8, 4) is 0 Å². The van der Waals surface area contributed by atoms with Gasteiger partial charge in [-0.2, -0.15) is 0 Å². The molecule has 0 radical (unpaired) electrons. The maximum Gasteiger partial charge on any atom is 0.235 e. The van der Waals surface area contributed by atoms with Crippen molar-refractivity contribution in [2.24, 2.45) is 5.41 Å². The summed E-state index contributed by atoms with van der Waals surface area (Å²) in [7, 11) is -3.81. The summed E-state index contributed by atoms with van der Waals surface area (Å²) in [4.78, 5) is 25.1. The summed E-state index contributed by atoms with van der Waals surface area (Å²) in [6.45, 7) is 24.3. The van der Waals surface area contributed by atoms with Gasteiger partial charge in [-0.15, -0.1) is 0 Å². The first-order valence-corrected chi connectivity index (χ1v) is 15.8. The number of hydrogen-bond donors (Lipinski definition) is 1. The molecule has 0 aromatic heterocycles. The van der Waals surface area contributed by atoms with Gasteiger partial charge in [-0.1, -0.05) is 41.5 Å². The van der Waals surface area contributed by atoms with Crippen LogP contribution < -0.4 is 5.32 Å². The second-order valence-corrected chi connectivity index (χ2v) is 20.7. The first kappa shape index (κ1) is 24.5. The zero-order chi connectivity index (χ0) is 21.5. The fraction of sp³-hybridized carbons (Fsp3) is 0.900. The minimum atomic E-state index is -1.92. The van der Waals surface area contributed by atoms with Crippen LogP contribution in [-0.4, -0.2) is 47.6 Å². The summed E-state index contributed by atoms with van der Waals surface area (Å²) >= 11 is 0. The summed E-state index contributed by atoms with van der Waals surface area (Å²) in [5.41, 5.74) is -1.00. The molecule has 158 valence electrons. The van der Waals surface area contributed by atoms with Gasteiger partial charge in [-0.3, -0.25) is 9.59 Å². The van der Waals surface area contributed by atoms with E-state index in [-0.39, 0.29) is 34.2 Å². The minimum absolute atomic E-state index is 0.0474. The van der Waals surface area contributed by atoms with E-state index in [0.29, 0.717) is 13.2 Å². The predicted octanol–water partition coefficient (Wildman–Crippen LogP) is 4.49. The molecule has 0 aromatic carbocycles. The Labute approximate surface area is 168 Å². The maximum absolute atomic E-state index is 12.9. The zero-order valence-electron chi connectivity index (χ0n) is 19.3. The molecule has 1 fully saturated rings. The number of amides is 1. The number of rotatable bonds is 8. The molecule has 1 N–H and O–H groups in total. The minimum Gasteiger partial charge on any atom is -0.416 e. The highest BCUT2D eigenvalue weighted by atomic mass is 28.4. The van der Waals surface area contributed by atoms with Crippen LogP contribution in [-0.2, 0) is 18.4 Å². The van der Waals surface area contributed by atoms with E-state index in [0.717, 1.165) is 0 Å². The van der Waals surface area contributed by atoms with Gasteiger partial charge < -0.3 is 14.2 Å². The van der Waals surface area contributed by atoms with Crippen LogP contribution in [0.15, 0.2) is 0 Å². The Morgan fingerprint density at radius 2 is 1.44 bits per heavy atom. The van der Waals surface area contributed by atoms with Crippen molar-refractivity contribution in [3.05, 3.63) is 0 Å². The smallest absolute Gasteiger partial charge is 0.235 e. The molecule has 1 aliphatic rings. The highest BCUT2D eigenvalue weighted by molar-refractivity contribution is 6.74. The fourth-order valence-electron chi connectivity index (χ4n) is 2.45.